The summed E-state index contributed by atoms with van der Waals surface area (Å²) in [5.41, 5.74) is 1.40. The van der Waals surface area contributed by atoms with Gasteiger partial charge in [-0.15, -0.1) is 0 Å². The third kappa shape index (κ3) is 4.09. The number of para-hydroxylation sites is 1. The van der Waals surface area contributed by atoms with Crippen molar-refractivity contribution in [2.24, 2.45) is 0 Å². The number of carbonyl (C=O) groups is 1. The van der Waals surface area contributed by atoms with Crippen LogP contribution in [-0.4, -0.2) is 15.0 Å². The van der Waals surface area contributed by atoms with Crippen molar-refractivity contribution in [1.82, 2.24) is 14.5 Å². The second-order valence-corrected chi connectivity index (χ2v) is 8.09. The van der Waals surface area contributed by atoms with Crippen LogP contribution in [-0.2, 0) is 11.3 Å². The number of nitrogens with one attached hydrogen (secondary N) is 1. The zero-order valence-corrected chi connectivity index (χ0v) is 18.5. The largest absolute Gasteiger partial charge is 0.348 e. The fraction of sp³-hybridized carbons (Fsp3) is 0.160. The molecule has 1 N–H and O–H groups in total. The van der Waals surface area contributed by atoms with Crippen LogP contribution >= 0.6 is 11.6 Å². The number of hydrogen-bond acceptors (Lipinski definition) is 3. The van der Waals surface area contributed by atoms with Crippen molar-refractivity contribution in [2.75, 3.05) is 0 Å². The second kappa shape index (κ2) is 8.85. The average molecular weight is 448 g/mol. The van der Waals surface area contributed by atoms with E-state index in [0.717, 1.165) is 15.7 Å². The molecule has 7 heteroatoms. The average Bonchev–Trinajstić information content (AvgIpc) is 2.78. The minimum atomic E-state index is -0.623. The quantitative estimate of drug-likeness (QED) is 0.502. The number of halogens is 1. The number of carbonyl (C=O) groups excluding carboxylic acids is 1. The van der Waals surface area contributed by atoms with Gasteiger partial charge < -0.3 is 5.32 Å². The number of amides is 1. The molecule has 3 aromatic carbocycles. The van der Waals surface area contributed by atoms with Gasteiger partial charge in [-0.3, -0.25) is 14.2 Å². The summed E-state index contributed by atoms with van der Waals surface area (Å²) in [4.78, 5) is 39.5. The summed E-state index contributed by atoms with van der Waals surface area (Å²) in [7, 11) is 0. The first-order valence-electron chi connectivity index (χ1n) is 10.2. The molecule has 32 heavy (non-hydrogen) atoms. The summed E-state index contributed by atoms with van der Waals surface area (Å²) < 4.78 is 2.34. The van der Waals surface area contributed by atoms with E-state index in [1.807, 2.05) is 50.2 Å². The highest BCUT2D eigenvalue weighted by Gasteiger charge is 2.19. The van der Waals surface area contributed by atoms with Crippen LogP contribution in [0.1, 0.15) is 24.1 Å². The summed E-state index contributed by atoms with van der Waals surface area (Å²) >= 11 is 6.29. The van der Waals surface area contributed by atoms with Gasteiger partial charge in [0.2, 0.25) is 5.91 Å². The molecule has 0 aliphatic heterocycles. The van der Waals surface area contributed by atoms with Gasteiger partial charge in [0.15, 0.2) is 0 Å². The van der Waals surface area contributed by atoms with Crippen molar-refractivity contribution in [1.29, 1.82) is 0 Å². The maximum Gasteiger partial charge on any atom is 0.336 e. The lowest BCUT2D eigenvalue weighted by molar-refractivity contribution is -0.122. The molecule has 1 heterocycles. The van der Waals surface area contributed by atoms with Crippen molar-refractivity contribution >= 4 is 28.4 Å². The van der Waals surface area contributed by atoms with Gasteiger partial charge >= 0.3 is 5.69 Å². The van der Waals surface area contributed by atoms with E-state index in [1.165, 1.54) is 4.57 Å². The first-order chi connectivity index (χ1) is 15.4. The van der Waals surface area contributed by atoms with Crippen LogP contribution in [0.25, 0.3) is 16.6 Å². The molecule has 4 rings (SSSR count). The number of hydrogen-bond donors (Lipinski definition) is 1. The molecule has 4 aromatic rings. The molecule has 0 aliphatic carbocycles. The Balaban J connectivity index is 1.82. The summed E-state index contributed by atoms with van der Waals surface area (Å²) in [6.45, 7) is 3.50. The van der Waals surface area contributed by atoms with E-state index in [2.05, 4.69) is 5.32 Å². The molecule has 0 unspecified atom stereocenters. The van der Waals surface area contributed by atoms with E-state index in [-0.39, 0.29) is 29.2 Å². The van der Waals surface area contributed by atoms with Crippen molar-refractivity contribution < 1.29 is 4.79 Å². The number of aromatic nitrogens is 2. The van der Waals surface area contributed by atoms with Crippen molar-refractivity contribution in [3.8, 4) is 5.69 Å². The molecule has 1 aromatic heterocycles. The molecule has 162 valence electrons. The fourth-order valence-electron chi connectivity index (χ4n) is 3.74. The number of aryl methyl sites for hydroxylation is 1. The Morgan fingerprint density at radius 2 is 1.69 bits per heavy atom. The number of nitrogens with zero attached hydrogens (tertiary/aromatic N) is 2. The maximum atomic E-state index is 13.4. The van der Waals surface area contributed by atoms with E-state index in [0.29, 0.717) is 10.9 Å². The lowest BCUT2D eigenvalue weighted by Gasteiger charge is -2.17. The van der Waals surface area contributed by atoms with Crippen LogP contribution in [0.15, 0.2) is 82.4 Å². The lowest BCUT2D eigenvalue weighted by atomic mass is 10.1. The van der Waals surface area contributed by atoms with Crippen LogP contribution in [0.2, 0.25) is 5.02 Å². The van der Waals surface area contributed by atoms with E-state index in [9.17, 15) is 14.4 Å². The third-order valence-electron chi connectivity index (χ3n) is 5.37. The molecule has 0 saturated carbocycles. The van der Waals surface area contributed by atoms with Gasteiger partial charge in [0.05, 0.1) is 27.7 Å². The third-order valence-corrected chi connectivity index (χ3v) is 5.69. The Morgan fingerprint density at radius 1 is 1.00 bits per heavy atom. The molecule has 0 bridgehead atoms. The maximum absolute atomic E-state index is 13.4. The molecular formula is C25H22ClN3O3. The first-order valence-corrected chi connectivity index (χ1v) is 10.6. The van der Waals surface area contributed by atoms with Gasteiger partial charge in [0.1, 0.15) is 6.54 Å². The predicted molar refractivity (Wildman–Crippen MR) is 127 cm³/mol. The molecule has 1 amide bonds. The highest BCUT2D eigenvalue weighted by Crippen LogP contribution is 2.19. The van der Waals surface area contributed by atoms with Crippen molar-refractivity contribution in [2.45, 2.75) is 26.4 Å². The van der Waals surface area contributed by atoms with E-state index >= 15 is 0 Å². The number of benzene rings is 3. The van der Waals surface area contributed by atoms with Gasteiger partial charge in [-0.05, 0) is 43.7 Å². The summed E-state index contributed by atoms with van der Waals surface area (Å²) in [5, 5.41) is 3.53. The van der Waals surface area contributed by atoms with Crippen LogP contribution in [0.3, 0.4) is 0 Å². The topological polar surface area (TPSA) is 73.1 Å². The molecule has 0 fully saturated rings. The molecular weight excluding hydrogens is 426 g/mol. The van der Waals surface area contributed by atoms with E-state index in [4.69, 9.17) is 11.6 Å². The summed E-state index contributed by atoms with van der Waals surface area (Å²) in [5.74, 6) is -0.338. The van der Waals surface area contributed by atoms with Crippen LogP contribution in [0.4, 0.5) is 0 Å². The monoisotopic (exact) mass is 447 g/mol. The molecule has 0 saturated heterocycles. The molecule has 6 nitrogen and oxygen atoms in total. The van der Waals surface area contributed by atoms with Crippen LogP contribution in [0.5, 0.6) is 0 Å². The Morgan fingerprint density at radius 3 is 2.41 bits per heavy atom. The minimum Gasteiger partial charge on any atom is -0.348 e. The SMILES string of the molecule is Cc1ccc2c(c1)c(=O)n(-c1ccccc1Cl)c(=O)n2CC(=O)N[C@H](C)c1ccccc1. The second-order valence-electron chi connectivity index (χ2n) is 7.68. The molecule has 1 atom stereocenters. The Hall–Kier alpha value is -3.64. The van der Waals surface area contributed by atoms with E-state index in [1.54, 1.807) is 36.4 Å². The predicted octanol–water partition coefficient (Wildman–Crippen LogP) is 3.99. The van der Waals surface area contributed by atoms with Gasteiger partial charge in [-0.25, -0.2) is 9.36 Å². The summed E-state index contributed by atoms with van der Waals surface area (Å²) in [6.07, 6.45) is 0. The minimum absolute atomic E-state index is 0.234. The van der Waals surface area contributed by atoms with Crippen LogP contribution in [0, 0.1) is 6.92 Å². The summed E-state index contributed by atoms with van der Waals surface area (Å²) in [6, 6.07) is 21.2. The Kier molecular flexibility index (Phi) is 5.97. The Bertz CT molecular complexity index is 1420. The number of rotatable bonds is 5. The standard InChI is InChI=1S/C25H22ClN3O3/c1-16-12-13-21-19(14-16)24(31)29(22-11-7-6-10-20(22)26)25(32)28(21)15-23(30)27-17(2)18-8-4-3-5-9-18/h3-14,17H,15H2,1-2H3,(H,27,30)/t17-/m1/s1. The van der Waals surface area contributed by atoms with Gasteiger partial charge in [0.25, 0.3) is 5.56 Å². The van der Waals surface area contributed by atoms with Gasteiger partial charge in [-0.2, -0.15) is 0 Å². The first kappa shape index (κ1) is 21.6. The fourth-order valence-corrected chi connectivity index (χ4v) is 3.96. The van der Waals surface area contributed by atoms with Crippen LogP contribution < -0.4 is 16.6 Å². The molecule has 0 aliphatic rings. The highest BCUT2D eigenvalue weighted by molar-refractivity contribution is 6.32. The van der Waals surface area contributed by atoms with Crippen molar-refractivity contribution in [3.05, 3.63) is 110 Å². The molecule has 0 radical (unpaired) electrons. The van der Waals surface area contributed by atoms with Crippen molar-refractivity contribution in [3.63, 3.8) is 0 Å². The Labute approximate surface area is 189 Å². The van der Waals surface area contributed by atoms with Gasteiger partial charge in [-0.1, -0.05) is 65.7 Å². The normalized spacial score (nSPS) is 12.0. The van der Waals surface area contributed by atoms with Gasteiger partial charge in [0, 0.05) is 0 Å². The highest BCUT2D eigenvalue weighted by atomic mass is 35.5. The van der Waals surface area contributed by atoms with E-state index < -0.39 is 11.2 Å². The lowest BCUT2D eigenvalue weighted by Crippen LogP contribution is -2.42. The smallest absolute Gasteiger partial charge is 0.336 e. The molecule has 0 spiro atoms. The number of fused-ring (bicyclic) bond motifs is 1. The zero-order chi connectivity index (χ0) is 22.8. The zero-order valence-electron chi connectivity index (χ0n) is 17.7.